The van der Waals surface area contributed by atoms with Crippen molar-refractivity contribution in [1.29, 1.82) is 5.26 Å². The van der Waals surface area contributed by atoms with E-state index in [-0.39, 0.29) is 5.75 Å². The number of nitrogens with zero attached hydrogens (tertiary/aromatic N) is 1. The average molecular weight is 265 g/mol. The van der Waals surface area contributed by atoms with Crippen LogP contribution in [0.25, 0.3) is 0 Å². The summed E-state index contributed by atoms with van der Waals surface area (Å²) in [4.78, 5) is 0.648. The van der Waals surface area contributed by atoms with Gasteiger partial charge < -0.3 is 4.18 Å². The van der Waals surface area contributed by atoms with E-state index in [9.17, 15) is 12.3 Å². The summed E-state index contributed by atoms with van der Waals surface area (Å²) in [5.41, 5.74) is 0. The van der Waals surface area contributed by atoms with Gasteiger partial charge in [0, 0.05) is 4.90 Å². The number of nitriles is 1. The molecule has 4 nitrogen and oxygen atoms in total. The fourth-order valence-corrected chi connectivity index (χ4v) is 1.81. The SMILES string of the molecule is N#CSc1ccc(OS(=O)(=O)SF)cc1. The van der Waals surface area contributed by atoms with Gasteiger partial charge in [-0.25, -0.2) is 0 Å². The highest BCUT2D eigenvalue weighted by Crippen LogP contribution is 2.24. The summed E-state index contributed by atoms with van der Waals surface area (Å²) < 4.78 is 37.5. The van der Waals surface area contributed by atoms with E-state index < -0.39 is 20.3 Å². The molecule has 1 rings (SSSR count). The zero-order valence-corrected chi connectivity index (χ0v) is 9.53. The van der Waals surface area contributed by atoms with Gasteiger partial charge in [-0.1, -0.05) is 0 Å². The largest absolute Gasteiger partial charge is 0.397 e. The minimum Gasteiger partial charge on any atom is -0.373 e. The Labute approximate surface area is 94.2 Å². The first-order valence-corrected chi connectivity index (χ1v) is 6.94. The molecule has 0 unspecified atom stereocenters. The Morgan fingerprint density at radius 2 is 1.93 bits per heavy atom. The Bertz CT molecular complexity index is 465. The monoisotopic (exact) mass is 265 g/mol. The van der Waals surface area contributed by atoms with Crippen LogP contribution in [0, 0.1) is 10.7 Å². The molecule has 0 aliphatic rings. The number of hydrogen-bond acceptors (Lipinski definition) is 6. The van der Waals surface area contributed by atoms with E-state index in [0.29, 0.717) is 4.90 Å². The third-order valence-electron chi connectivity index (χ3n) is 1.26. The number of hydrogen-bond donors (Lipinski definition) is 0. The summed E-state index contributed by atoms with van der Waals surface area (Å²) in [5, 5.41) is 10.2. The molecule has 0 fully saturated rings. The molecule has 0 radical (unpaired) electrons. The number of benzene rings is 1. The smallest absolute Gasteiger partial charge is 0.373 e. The average Bonchev–Trinajstić information content (AvgIpc) is 2.21. The van der Waals surface area contributed by atoms with Crippen molar-refractivity contribution >= 4 is 32.1 Å². The number of thiocyanates is 1. The van der Waals surface area contributed by atoms with E-state index >= 15 is 0 Å². The Morgan fingerprint density at radius 1 is 1.33 bits per heavy atom. The molecule has 0 heterocycles. The molecule has 0 aromatic heterocycles. The summed E-state index contributed by atoms with van der Waals surface area (Å²) in [6.45, 7) is 0. The lowest BCUT2D eigenvalue weighted by molar-refractivity contribution is 0.503. The third kappa shape index (κ3) is 3.99. The van der Waals surface area contributed by atoms with Crippen molar-refractivity contribution in [2.45, 2.75) is 4.90 Å². The zero-order valence-electron chi connectivity index (χ0n) is 7.08. The molecule has 0 saturated heterocycles. The van der Waals surface area contributed by atoms with Gasteiger partial charge >= 0.3 is 9.15 Å². The molecule has 0 atom stereocenters. The molecular weight excluding hydrogens is 261 g/mol. The Kier molecular flexibility index (Phi) is 4.26. The summed E-state index contributed by atoms with van der Waals surface area (Å²) in [7, 11) is -4.22. The summed E-state index contributed by atoms with van der Waals surface area (Å²) in [5.74, 6) is 0.00226. The lowest BCUT2D eigenvalue weighted by atomic mass is 10.3. The lowest BCUT2D eigenvalue weighted by Crippen LogP contribution is -2.01. The Hall–Kier alpha value is -0.910. The molecule has 0 N–H and O–H groups in total. The van der Waals surface area contributed by atoms with Gasteiger partial charge in [-0.15, -0.1) is 3.89 Å². The molecule has 0 aliphatic heterocycles. The van der Waals surface area contributed by atoms with Crippen LogP contribution in [0.15, 0.2) is 29.2 Å². The first-order valence-electron chi connectivity index (χ1n) is 3.48. The van der Waals surface area contributed by atoms with Gasteiger partial charge in [-0.2, -0.15) is 13.7 Å². The van der Waals surface area contributed by atoms with E-state index in [2.05, 4.69) is 4.18 Å². The predicted molar refractivity (Wildman–Crippen MR) is 56.2 cm³/mol. The maximum absolute atomic E-state index is 11.8. The first kappa shape index (κ1) is 12.2. The quantitative estimate of drug-likeness (QED) is 0.473. The van der Waals surface area contributed by atoms with Crippen molar-refractivity contribution < 1.29 is 16.5 Å². The molecule has 0 saturated carbocycles. The van der Waals surface area contributed by atoms with Crippen LogP contribution < -0.4 is 4.18 Å². The van der Waals surface area contributed by atoms with Crippen LogP contribution in [-0.2, 0) is 9.15 Å². The van der Waals surface area contributed by atoms with Gasteiger partial charge in [-0.3, -0.25) is 0 Å². The summed E-state index contributed by atoms with van der Waals surface area (Å²) in [6.07, 6.45) is 0. The summed E-state index contributed by atoms with van der Waals surface area (Å²) >= 11 is 0.0578. The normalized spacial score (nSPS) is 10.7. The first-order chi connectivity index (χ1) is 7.07. The van der Waals surface area contributed by atoms with Crippen LogP contribution in [-0.4, -0.2) is 8.42 Å². The van der Waals surface area contributed by atoms with Crippen LogP contribution in [0.3, 0.4) is 0 Å². The van der Waals surface area contributed by atoms with E-state index in [1.165, 1.54) is 24.3 Å². The van der Waals surface area contributed by atoms with E-state index in [1.807, 2.05) is 5.40 Å². The van der Waals surface area contributed by atoms with Gasteiger partial charge in [0.1, 0.15) is 11.2 Å². The molecule has 0 bridgehead atoms. The minimum atomic E-state index is -4.22. The van der Waals surface area contributed by atoms with Crippen LogP contribution in [0.4, 0.5) is 3.89 Å². The van der Waals surface area contributed by atoms with Gasteiger partial charge in [-0.05, 0) is 36.0 Å². The second-order valence-electron chi connectivity index (χ2n) is 2.22. The van der Waals surface area contributed by atoms with Crippen LogP contribution in [0.1, 0.15) is 0 Å². The van der Waals surface area contributed by atoms with Crippen molar-refractivity contribution in [2.75, 3.05) is 0 Å². The van der Waals surface area contributed by atoms with E-state index in [4.69, 9.17) is 5.26 Å². The van der Waals surface area contributed by atoms with Gasteiger partial charge in [0.15, 0.2) is 0 Å². The number of thioether (sulfide) groups is 1. The van der Waals surface area contributed by atoms with Gasteiger partial charge in [0.25, 0.3) is 0 Å². The molecule has 8 heteroatoms. The van der Waals surface area contributed by atoms with Crippen molar-refractivity contribution in [2.24, 2.45) is 0 Å². The van der Waals surface area contributed by atoms with Crippen LogP contribution in [0.5, 0.6) is 5.75 Å². The standard InChI is InChI=1S/C7H4FNO3S3/c8-14-15(10,11)12-6-1-3-7(4-2-6)13-5-9/h1-4H. The molecule has 1 aromatic carbocycles. The third-order valence-corrected chi connectivity index (χ3v) is 3.08. The van der Waals surface area contributed by atoms with Crippen LogP contribution in [0.2, 0.25) is 0 Å². The topological polar surface area (TPSA) is 67.2 Å². The minimum absolute atomic E-state index is 0.00226. The second kappa shape index (κ2) is 5.25. The maximum atomic E-state index is 11.8. The van der Waals surface area contributed by atoms with Gasteiger partial charge in [0.2, 0.25) is 11.2 Å². The Balaban J connectivity index is 2.78. The molecule has 1 aromatic rings. The molecule has 15 heavy (non-hydrogen) atoms. The van der Waals surface area contributed by atoms with Gasteiger partial charge in [0.05, 0.1) is 0 Å². The number of halogens is 1. The molecule has 0 amide bonds. The van der Waals surface area contributed by atoms with Crippen molar-refractivity contribution in [3.05, 3.63) is 24.3 Å². The maximum Gasteiger partial charge on any atom is 0.397 e. The zero-order chi connectivity index (χ0) is 11.3. The molecule has 0 aliphatic carbocycles. The molecule has 80 valence electrons. The van der Waals surface area contributed by atoms with Crippen LogP contribution >= 0.6 is 22.9 Å². The predicted octanol–water partition coefficient (Wildman–Crippen LogP) is 2.50. The Morgan fingerprint density at radius 3 is 2.40 bits per heavy atom. The second-order valence-corrected chi connectivity index (χ2v) is 5.79. The van der Waals surface area contributed by atoms with Crippen molar-refractivity contribution in [1.82, 2.24) is 0 Å². The van der Waals surface area contributed by atoms with Crippen molar-refractivity contribution in [3.8, 4) is 11.2 Å². The van der Waals surface area contributed by atoms with E-state index in [0.717, 1.165) is 11.8 Å². The highest BCUT2D eigenvalue weighted by molar-refractivity contribution is 8.68. The fourth-order valence-electron chi connectivity index (χ4n) is 0.747. The lowest BCUT2D eigenvalue weighted by Gasteiger charge is -2.01. The van der Waals surface area contributed by atoms with E-state index in [1.54, 1.807) is 0 Å². The highest BCUT2D eigenvalue weighted by Gasteiger charge is 2.13. The summed E-state index contributed by atoms with van der Waals surface area (Å²) in [6, 6.07) is 5.68. The fraction of sp³-hybridized carbons (Fsp3) is 0. The molecular formula is C7H4FNO3S3. The number of rotatable bonds is 4. The van der Waals surface area contributed by atoms with Crippen molar-refractivity contribution in [3.63, 3.8) is 0 Å². The molecule has 0 spiro atoms. The highest BCUT2D eigenvalue weighted by atomic mass is 33.2.